The number of aryl methyl sites for hydroxylation is 1. The maximum Gasteiger partial charge on any atom is 0.321 e. The van der Waals surface area contributed by atoms with Gasteiger partial charge in [-0.15, -0.1) is 0 Å². The van der Waals surface area contributed by atoms with Crippen LogP contribution in [0.5, 0.6) is 0 Å². The molecule has 0 spiro atoms. The van der Waals surface area contributed by atoms with Gasteiger partial charge in [-0.05, 0) is 55.0 Å². The zero-order valence-corrected chi connectivity index (χ0v) is 14.9. The highest BCUT2D eigenvalue weighted by Crippen LogP contribution is 2.49. The maximum atomic E-state index is 12.6. The van der Waals surface area contributed by atoms with Crippen LogP contribution in [-0.4, -0.2) is 25.0 Å². The van der Waals surface area contributed by atoms with Crippen LogP contribution in [0.1, 0.15) is 29.9 Å². The predicted octanol–water partition coefficient (Wildman–Crippen LogP) is 3.66. The Hall–Kier alpha value is -2.82. The Bertz CT molecular complexity index is 849. The topological polar surface area (TPSA) is 61.4 Å². The molecular weight excluding hydrogens is 326 g/mol. The lowest BCUT2D eigenvalue weighted by Gasteiger charge is -2.27. The van der Waals surface area contributed by atoms with Crippen LogP contribution in [0.25, 0.3) is 0 Å². The molecule has 1 saturated carbocycles. The van der Waals surface area contributed by atoms with Gasteiger partial charge in [0, 0.05) is 30.4 Å². The smallest absolute Gasteiger partial charge is 0.321 e. The highest BCUT2D eigenvalue weighted by molar-refractivity contribution is 5.97. The summed E-state index contributed by atoms with van der Waals surface area (Å²) in [5, 5.41) is 5.87. The fourth-order valence-corrected chi connectivity index (χ4v) is 3.69. The van der Waals surface area contributed by atoms with E-state index in [-0.39, 0.29) is 17.9 Å². The molecule has 5 heteroatoms. The molecule has 5 nitrogen and oxygen atoms in total. The number of hydrogen-bond donors (Lipinski definition) is 2. The van der Waals surface area contributed by atoms with Crippen LogP contribution in [0.2, 0.25) is 0 Å². The fourth-order valence-electron chi connectivity index (χ4n) is 3.69. The van der Waals surface area contributed by atoms with Crippen LogP contribution >= 0.6 is 0 Å². The molecule has 4 rings (SSSR count). The number of amides is 3. The summed E-state index contributed by atoms with van der Waals surface area (Å²) in [5.74, 6) is 0.392. The van der Waals surface area contributed by atoms with Gasteiger partial charge < -0.3 is 10.6 Å². The van der Waals surface area contributed by atoms with E-state index in [0.29, 0.717) is 19.0 Å². The van der Waals surface area contributed by atoms with Gasteiger partial charge >= 0.3 is 6.03 Å². The van der Waals surface area contributed by atoms with Crippen molar-refractivity contribution in [1.29, 1.82) is 0 Å². The summed E-state index contributed by atoms with van der Waals surface area (Å²) in [7, 11) is 0. The number of nitrogens with zero attached hydrogens (tertiary/aromatic N) is 1. The molecule has 0 aromatic heterocycles. The zero-order valence-electron chi connectivity index (χ0n) is 14.9. The molecule has 26 heavy (non-hydrogen) atoms. The number of benzene rings is 2. The summed E-state index contributed by atoms with van der Waals surface area (Å²) in [6.07, 6.45) is 1.81. The third-order valence-corrected chi connectivity index (χ3v) is 5.22. The molecule has 2 atom stereocenters. The average Bonchev–Trinajstić information content (AvgIpc) is 3.43. The van der Waals surface area contributed by atoms with Gasteiger partial charge in [-0.2, -0.15) is 0 Å². The van der Waals surface area contributed by atoms with E-state index >= 15 is 0 Å². The molecule has 2 fully saturated rings. The minimum absolute atomic E-state index is 0.0260. The lowest BCUT2D eigenvalue weighted by Crippen LogP contribution is -2.46. The summed E-state index contributed by atoms with van der Waals surface area (Å²) < 4.78 is 0. The number of anilines is 2. The van der Waals surface area contributed by atoms with Gasteiger partial charge in [-0.1, -0.05) is 30.3 Å². The van der Waals surface area contributed by atoms with Gasteiger partial charge in [0.05, 0.1) is 0 Å². The van der Waals surface area contributed by atoms with Crippen LogP contribution in [0.15, 0.2) is 48.5 Å². The van der Waals surface area contributed by atoms with Crippen molar-refractivity contribution in [3.63, 3.8) is 0 Å². The van der Waals surface area contributed by atoms with Crippen LogP contribution in [0.4, 0.5) is 16.2 Å². The number of carbonyl (C=O) groups excluding carboxylic acids is 2. The van der Waals surface area contributed by atoms with E-state index in [1.54, 1.807) is 4.90 Å². The summed E-state index contributed by atoms with van der Waals surface area (Å²) in [6.45, 7) is 3.50. The standard InChI is InChI=1S/C21H23N3O2/c1-14-6-2-3-9-17(14)18-13-19(18)20(25)23-15-7-4-8-16(12-15)24-11-5-10-22-21(24)26/h2-4,6-9,12,18-19H,5,10-11,13H2,1H3,(H,22,26)(H,23,25)/t18-,19+/m0/s1. The van der Waals surface area contributed by atoms with Gasteiger partial charge in [0.2, 0.25) is 5.91 Å². The second-order valence-electron chi connectivity index (χ2n) is 7.08. The van der Waals surface area contributed by atoms with E-state index in [4.69, 9.17) is 0 Å². The first-order valence-corrected chi connectivity index (χ1v) is 9.15. The molecule has 2 aliphatic rings. The molecular formula is C21H23N3O2. The Balaban J connectivity index is 1.43. The molecule has 2 N–H and O–H groups in total. The molecule has 1 heterocycles. The SMILES string of the molecule is Cc1ccccc1[C@@H]1C[C@H]1C(=O)Nc1cccc(N2CCCNC2=O)c1. The van der Waals surface area contributed by atoms with Gasteiger partial charge in [-0.25, -0.2) is 4.79 Å². The molecule has 0 radical (unpaired) electrons. The monoisotopic (exact) mass is 349 g/mol. The van der Waals surface area contributed by atoms with E-state index in [2.05, 4.69) is 29.7 Å². The average molecular weight is 349 g/mol. The Morgan fingerprint density at radius 2 is 2.04 bits per heavy atom. The maximum absolute atomic E-state index is 12.6. The molecule has 2 aromatic carbocycles. The largest absolute Gasteiger partial charge is 0.338 e. The van der Waals surface area contributed by atoms with Crippen LogP contribution in [0.3, 0.4) is 0 Å². The highest BCUT2D eigenvalue weighted by Gasteiger charge is 2.44. The van der Waals surface area contributed by atoms with E-state index < -0.39 is 0 Å². The first-order valence-electron chi connectivity index (χ1n) is 9.15. The molecule has 0 bridgehead atoms. The molecule has 1 aliphatic heterocycles. The Labute approximate surface area is 153 Å². The van der Waals surface area contributed by atoms with Crippen molar-refractivity contribution in [2.75, 3.05) is 23.3 Å². The minimum atomic E-state index is -0.0819. The fraction of sp³-hybridized carbons (Fsp3) is 0.333. The molecule has 1 saturated heterocycles. The first-order chi connectivity index (χ1) is 12.6. The van der Waals surface area contributed by atoms with E-state index in [0.717, 1.165) is 24.2 Å². The number of carbonyl (C=O) groups is 2. The Kier molecular flexibility index (Phi) is 4.37. The molecule has 0 unspecified atom stereocenters. The second kappa shape index (κ2) is 6.83. The van der Waals surface area contributed by atoms with Crippen molar-refractivity contribution in [3.05, 3.63) is 59.7 Å². The van der Waals surface area contributed by atoms with Gasteiger partial charge in [0.15, 0.2) is 0 Å². The molecule has 3 amide bonds. The van der Waals surface area contributed by atoms with E-state index in [9.17, 15) is 9.59 Å². The number of urea groups is 1. The normalized spacial score (nSPS) is 21.9. The van der Waals surface area contributed by atoms with Crippen molar-refractivity contribution in [2.45, 2.75) is 25.7 Å². The molecule has 1 aliphatic carbocycles. The predicted molar refractivity (Wildman–Crippen MR) is 102 cm³/mol. The summed E-state index contributed by atoms with van der Waals surface area (Å²) in [5.41, 5.74) is 4.06. The number of nitrogens with one attached hydrogen (secondary N) is 2. The number of rotatable bonds is 4. The van der Waals surface area contributed by atoms with Crippen molar-refractivity contribution in [2.24, 2.45) is 5.92 Å². The van der Waals surface area contributed by atoms with Crippen molar-refractivity contribution >= 4 is 23.3 Å². The summed E-state index contributed by atoms with van der Waals surface area (Å²) in [6, 6.07) is 15.7. The highest BCUT2D eigenvalue weighted by atomic mass is 16.2. The van der Waals surface area contributed by atoms with Crippen LogP contribution in [-0.2, 0) is 4.79 Å². The lowest BCUT2D eigenvalue weighted by molar-refractivity contribution is -0.117. The quantitative estimate of drug-likeness (QED) is 0.885. The van der Waals surface area contributed by atoms with E-state index in [1.165, 1.54) is 11.1 Å². The molecule has 2 aromatic rings. The second-order valence-corrected chi connectivity index (χ2v) is 7.08. The van der Waals surface area contributed by atoms with Gasteiger partial charge in [0.25, 0.3) is 0 Å². The number of hydrogen-bond acceptors (Lipinski definition) is 2. The van der Waals surface area contributed by atoms with Crippen molar-refractivity contribution < 1.29 is 9.59 Å². The van der Waals surface area contributed by atoms with Crippen molar-refractivity contribution in [3.8, 4) is 0 Å². The lowest BCUT2D eigenvalue weighted by atomic mass is 10.0. The minimum Gasteiger partial charge on any atom is -0.338 e. The van der Waals surface area contributed by atoms with Crippen LogP contribution in [0, 0.1) is 12.8 Å². The van der Waals surface area contributed by atoms with Crippen molar-refractivity contribution in [1.82, 2.24) is 5.32 Å². The zero-order chi connectivity index (χ0) is 18.1. The third kappa shape index (κ3) is 3.29. The van der Waals surface area contributed by atoms with Gasteiger partial charge in [0.1, 0.15) is 0 Å². The van der Waals surface area contributed by atoms with E-state index in [1.807, 2.05) is 36.4 Å². The summed E-state index contributed by atoms with van der Waals surface area (Å²) in [4.78, 5) is 26.3. The van der Waals surface area contributed by atoms with Crippen LogP contribution < -0.4 is 15.5 Å². The Morgan fingerprint density at radius 3 is 2.85 bits per heavy atom. The third-order valence-electron chi connectivity index (χ3n) is 5.22. The van der Waals surface area contributed by atoms with Gasteiger partial charge in [-0.3, -0.25) is 9.69 Å². The Morgan fingerprint density at radius 1 is 1.19 bits per heavy atom. The molecule has 134 valence electrons. The summed E-state index contributed by atoms with van der Waals surface area (Å²) >= 11 is 0. The first kappa shape index (κ1) is 16.6.